The first-order chi connectivity index (χ1) is 10.2. The van der Waals surface area contributed by atoms with Crippen molar-refractivity contribution in [3.63, 3.8) is 0 Å². The fourth-order valence-electron chi connectivity index (χ4n) is 2.11. The van der Waals surface area contributed by atoms with E-state index in [-0.39, 0.29) is 12.3 Å². The maximum absolute atomic E-state index is 12.0. The molecule has 1 heterocycles. The van der Waals surface area contributed by atoms with Gasteiger partial charge in [0.05, 0.1) is 0 Å². The number of nitrogens with one attached hydrogen (secondary N) is 1. The van der Waals surface area contributed by atoms with Gasteiger partial charge in [-0.2, -0.15) is 0 Å². The first kappa shape index (κ1) is 16.3. The number of oxazole rings is 1. The van der Waals surface area contributed by atoms with Crippen LogP contribution in [0.2, 0.25) is 0 Å². The van der Waals surface area contributed by atoms with E-state index in [2.05, 4.69) is 10.3 Å². The van der Waals surface area contributed by atoms with Crippen LogP contribution in [0.15, 0.2) is 28.7 Å². The van der Waals surface area contributed by atoms with Crippen LogP contribution >= 0.6 is 0 Å². The minimum absolute atomic E-state index is 0.0569. The second kappa shape index (κ2) is 5.96. The fraction of sp³-hybridized carbons (Fsp3) is 0.500. The molecular formula is C16H22N2O4. The van der Waals surface area contributed by atoms with Gasteiger partial charge in [0.15, 0.2) is 5.58 Å². The van der Waals surface area contributed by atoms with E-state index in [4.69, 9.17) is 9.15 Å². The lowest BCUT2D eigenvalue weighted by Gasteiger charge is -2.27. The minimum atomic E-state index is -1.70. The molecule has 6 heteroatoms. The molecule has 0 saturated heterocycles. The summed E-state index contributed by atoms with van der Waals surface area (Å²) in [5, 5.41) is 13.2. The quantitative estimate of drug-likeness (QED) is 0.847. The number of hydrogen-bond donors (Lipinski definition) is 2. The Bertz CT molecular complexity index is 626. The van der Waals surface area contributed by atoms with E-state index < -0.39 is 17.4 Å². The highest BCUT2D eigenvalue weighted by Crippen LogP contribution is 2.27. The lowest BCUT2D eigenvalue weighted by atomic mass is 10.1. The van der Waals surface area contributed by atoms with Crippen LogP contribution in [0, 0.1) is 0 Å². The second-order valence-corrected chi connectivity index (χ2v) is 6.22. The summed E-state index contributed by atoms with van der Waals surface area (Å²) in [6.07, 6.45) is 0.176. The zero-order valence-electron chi connectivity index (χ0n) is 13.3. The minimum Gasteiger partial charge on any atom is -0.444 e. The Hall–Kier alpha value is -2.08. The molecule has 0 aliphatic rings. The van der Waals surface area contributed by atoms with Gasteiger partial charge in [-0.15, -0.1) is 0 Å². The van der Waals surface area contributed by atoms with Crippen molar-refractivity contribution in [2.24, 2.45) is 0 Å². The molecule has 6 nitrogen and oxygen atoms in total. The monoisotopic (exact) mass is 306 g/mol. The molecular weight excluding hydrogens is 284 g/mol. The Morgan fingerprint density at radius 2 is 2.05 bits per heavy atom. The largest absolute Gasteiger partial charge is 0.444 e. The number of benzene rings is 1. The molecule has 1 atom stereocenters. The van der Waals surface area contributed by atoms with E-state index in [1.807, 2.05) is 19.1 Å². The Balaban J connectivity index is 2.28. The molecule has 0 aliphatic heterocycles. The van der Waals surface area contributed by atoms with E-state index >= 15 is 0 Å². The van der Waals surface area contributed by atoms with Crippen molar-refractivity contribution in [3.8, 4) is 0 Å². The van der Waals surface area contributed by atoms with E-state index in [1.54, 1.807) is 32.9 Å². The number of fused-ring (bicyclic) bond motifs is 1. The van der Waals surface area contributed by atoms with Crippen molar-refractivity contribution in [1.82, 2.24) is 10.3 Å². The highest BCUT2D eigenvalue weighted by atomic mass is 16.6. The van der Waals surface area contributed by atoms with Gasteiger partial charge >= 0.3 is 6.09 Å². The number of alkyl carbamates (subject to hydrolysis) is 1. The number of nitrogens with zero attached hydrogens (tertiary/aromatic N) is 1. The summed E-state index contributed by atoms with van der Waals surface area (Å²) < 4.78 is 10.8. The average molecular weight is 306 g/mol. The Morgan fingerprint density at radius 1 is 1.36 bits per heavy atom. The lowest BCUT2D eigenvalue weighted by Crippen LogP contribution is -2.48. The van der Waals surface area contributed by atoms with Crippen molar-refractivity contribution >= 4 is 17.2 Å². The van der Waals surface area contributed by atoms with Crippen LogP contribution in [0.5, 0.6) is 0 Å². The van der Waals surface area contributed by atoms with Crippen LogP contribution in [-0.4, -0.2) is 21.8 Å². The van der Waals surface area contributed by atoms with Gasteiger partial charge in [-0.3, -0.25) is 5.32 Å². The third-order valence-electron chi connectivity index (χ3n) is 2.97. The zero-order valence-corrected chi connectivity index (χ0v) is 13.3. The maximum Gasteiger partial charge on any atom is 0.410 e. The standard InChI is InChI=1S/C16H22N2O4/c1-5-10-16(20,18-14(19)22-15(2,3)4)13-17-11-8-6-7-9-12(11)21-13/h6-9,20H,5,10H2,1-4H3,(H,18,19). The number of rotatable bonds is 4. The fourth-order valence-corrected chi connectivity index (χ4v) is 2.11. The zero-order chi connectivity index (χ0) is 16.4. The number of hydrogen-bond acceptors (Lipinski definition) is 5. The smallest absolute Gasteiger partial charge is 0.410 e. The predicted molar refractivity (Wildman–Crippen MR) is 82.2 cm³/mol. The molecule has 0 aliphatic carbocycles. The number of carbonyl (C=O) groups is 1. The summed E-state index contributed by atoms with van der Waals surface area (Å²) >= 11 is 0. The summed E-state index contributed by atoms with van der Waals surface area (Å²) in [6, 6.07) is 7.18. The van der Waals surface area contributed by atoms with Crippen LogP contribution < -0.4 is 5.32 Å². The van der Waals surface area contributed by atoms with Gasteiger partial charge in [0.1, 0.15) is 11.1 Å². The molecule has 0 fully saturated rings. The molecule has 0 radical (unpaired) electrons. The maximum atomic E-state index is 12.0. The summed E-state index contributed by atoms with van der Waals surface area (Å²) in [6.45, 7) is 7.16. The van der Waals surface area contributed by atoms with Gasteiger partial charge in [-0.05, 0) is 32.9 Å². The number of ether oxygens (including phenoxy) is 1. The third kappa shape index (κ3) is 3.76. The van der Waals surface area contributed by atoms with Crippen LogP contribution in [0.3, 0.4) is 0 Å². The summed E-state index contributed by atoms with van der Waals surface area (Å²) in [5.74, 6) is 0.0569. The first-order valence-corrected chi connectivity index (χ1v) is 7.33. The van der Waals surface area contributed by atoms with Crippen molar-refractivity contribution in [1.29, 1.82) is 0 Å². The molecule has 0 bridgehead atoms. The van der Waals surface area contributed by atoms with Gasteiger partial charge in [0.2, 0.25) is 11.6 Å². The molecule has 1 aromatic carbocycles. The molecule has 1 amide bonds. The molecule has 2 rings (SSSR count). The number of aromatic nitrogens is 1. The first-order valence-electron chi connectivity index (χ1n) is 7.33. The number of carbonyl (C=O) groups excluding carboxylic acids is 1. The number of amides is 1. The number of para-hydroxylation sites is 2. The normalized spacial score (nSPS) is 14.6. The molecule has 0 saturated carbocycles. The van der Waals surface area contributed by atoms with Gasteiger partial charge in [-0.25, -0.2) is 9.78 Å². The number of aliphatic hydroxyl groups is 1. The molecule has 2 N–H and O–H groups in total. The molecule has 120 valence electrons. The van der Waals surface area contributed by atoms with Crippen molar-refractivity contribution < 1.29 is 19.1 Å². The molecule has 2 aromatic rings. The predicted octanol–water partition coefficient (Wildman–Crippen LogP) is 3.30. The van der Waals surface area contributed by atoms with Gasteiger partial charge in [-0.1, -0.05) is 25.5 Å². The topological polar surface area (TPSA) is 84.6 Å². The Labute approximate surface area is 129 Å². The van der Waals surface area contributed by atoms with Crippen molar-refractivity contribution in [3.05, 3.63) is 30.2 Å². The second-order valence-electron chi connectivity index (χ2n) is 6.22. The molecule has 0 spiro atoms. The van der Waals surface area contributed by atoms with E-state index in [1.165, 1.54) is 0 Å². The SMILES string of the molecule is CCCC(O)(NC(=O)OC(C)(C)C)c1nc2ccccc2o1. The van der Waals surface area contributed by atoms with Gasteiger partial charge in [0, 0.05) is 6.42 Å². The Morgan fingerprint density at radius 3 is 2.64 bits per heavy atom. The average Bonchev–Trinajstić information content (AvgIpc) is 2.80. The van der Waals surface area contributed by atoms with E-state index in [0.717, 1.165) is 0 Å². The van der Waals surface area contributed by atoms with Crippen LogP contribution in [0.1, 0.15) is 46.4 Å². The Kier molecular flexibility index (Phi) is 4.42. The van der Waals surface area contributed by atoms with Gasteiger partial charge in [0.25, 0.3) is 0 Å². The summed E-state index contributed by atoms with van der Waals surface area (Å²) in [7, 11) is 0. The highest BCUT2D eigenvalue weighted by molar-refractivity contribution is 5.73. The molecule has 1 aromatic heterocycles. The van der Waals surface area contributed by atoms with Gasteiger partial charge < -0.3 is 14.3 Å². The van der Waals surface area contributed by atoms with Crippen molar-refractivity contribution in [2.45, 2.75) is 51.9 Å². The summed E-state index contributed by atoms with van der Waals surface area (Å²) in [5.41, 5.74) is -1.18. The summed E-state index contributed by atoms with van der Waals surface area (Å²) in [4.78, 5) is 16.2. The van der Waals surface area contributed by atoms with Crippen molar-refractivity contribution in [2.75, 3.05) is 0 Å². The van der Waals surface area contributed by atoms with Crippen LogP contribution in [0.25, 0.3) is 11.1 Å². The van der Waals surface area contributed by atoms with Crippen LogP contribution in [0.4, 0.5) is 4.79 Å². The van der Waals surface area contributed by atoms with E-state index in [0.29, 0.717) is 17.5 Å². The third-order valence-corrected chi connectivity index (χ3v) is 2.97. The highest BCUT2D eigenvalue weighted by Gasteiger charge is 2.37. The molecule has 22 heavy (non-hydrogen) atoms. The molecule has 1 unspecified atom stereocenters. The lowest BCUT2D eigenvalue weighted by molar-refractivity contribution is -0.0409. The van der Waals surface area contributed by atoms with E-state index in [9.17, 15) is 9.90 Å². The van der Waals surface area contributed by atoms with Crippen LogP contribution in [-0.2, 0) is 10.5 Å².